The largest absolute Gasteiger partial charge is 0.442 e. The van der Waals surface area contributed by atoms with E-state index in [1.165, 1.54) is 11.3 Å². The van der Waals surface area contributed by atoms with Crippen LogP contribution in [0.15, 0.2) is 29.8 Å². The van der Waals surface area contributed by atoms with Gasteiger partial charge in [0.05, 0.1) is 23.6 Å². The maximum absolute atomic E-state index is 10.8. The van der Waals surface area contributed by atoms with Crippen LogP contribution in [0.3, 0.4) is 0 Å². The van der Waals surface area contributed by atoms with Gasteiger partial charge in [0, 0.05) is 0 Å². The van der Waals surface area contributed by atoms with Crippen molar-refractivity contribution in [1.82, 2.24) is 4.98 Å². The van der Waals surface area contributed by atoms with Crippen LogP contribution in [0.4, 0.5) is 4.79 Å². The van der Waals surface area contributed by atoms with Crippen molar-refractivity contribution in [2.45, 2.75) is 19.3 Å². The maximum atomic E-state index is 10.8. The topological polar surface area (TPSA) is 83.7 Å². The highest BCUT2D eigenvalue weighted by Crippen LogP contribution is 2.35. The summed E-state index contributed by atoms with van der Waals surface area (Å²) in [7, 11) is 0. The van der Waals surface area contributed by atoms with Crippen molar-refractivity contribution in [1.29, 1.82) is 0 Å². The molecule has 2 N–H and O–H groups in total. The number of carbonyl (C=O) groups excluding carboxylic acids is 1. The van der Waals surface area contributed by atoms with Crippen molar-refractivity contribution >= 4 is 17.4 Å². The van der Waals surface area contributed by atoms with Gasteiger partial charge in [-0.05, 0) is 18.1 Å². The van der Waals surface area contributed by atoms with E-state index in [4.69, 9.17) is 19.9 Å². The molecule has 1 amide bonds. The first-order chi connectivity index (χ1) is 10.6. The third kappa shape index (κ3) is 3.11. The van der Waals surface area contributed by atoms with Crippen molar-refractivity contribution < 1.29 is 19.0 Å². The summed E-state index contributed by atoms with van der Waals surface area (Å²) in [6.45, 7) is 2.95. The molecule has 0 spiro atoms. The molecule has 1 unspecified atom stereocenters. The van der Waals surface area contributed by atoms with Crippen LogP contribution in [-0.4, -0.2) is 24.3 Å². The fourth-order valence-corrected chi connectivity index (χ4v) is 3.12. The Morgan fingerprint density at radius 3 is 2.68 bits per heavy atom. The third-order valence-corrected chi connectivity index (χ3v) is 4.27. The number of primary amides is 1. The molecule has 0 saturated carbocycles. The van der Waals surface area contributed by atoms with Gasteiger partial charge in [-0.3, -0.25) is 0 Å². The molecule has 2 aromatic rings. The summed E-state index contributed by atoms with van der Waals surface area (Å²) in [6, 6.07) is 7.73. The van der Waals surface area contributed by atoms with Gasteiger partial charge < -0.3 is 19.9 Å². The highest BCUT2D eigenvalue weighted by atomic mass is 32.1. The molecule has 1 saturated heterocycles. The molecule has 1 aromatic carbocycles. The van der Waals surface area contributed by atoms with E-state index in [0.29, 0.717) is 13.2 Å². The highest BCUT2D eigenvalue weighted by molar-refractivity contribution is 7.13. The van der Waals surface area contributed by atoms with Gasteiger partial charge in [-0.2, -0.15) is 0 Å². The molecule has 0 bridgehead atoms. The number of nitrogens with two attached hydrogens (primary N) is 1. The van der Waals surface area contributed by atoms with E-state index in [-0.39, 0.29) is 6.10 Å². The Balaban J connectivity index is 1.81. The number of nitrogens with zero attached hydrogens (tertiary/aromatic N) is 1. The fraction of sp³-hybridized carbons (Fsp3) is 0.333. The number of rotatable bonds is 4. The molecule has 1 fully saturated rings. The number of hydrogen-bond acceptors (Lipinski definition) is 6. The number of thiazole rings is 1. The molecule has 116 valence electrons. The van der Waals surface area contributed by atoms with E-state index in [1.807, 2.05) is 24.3 Å². The quantitative estimate of drug-likeness (QED) is 0.936. The van der Waals surface area contributed by atoms with Crippen molar-refractivity contribution in [2.24, 2.45) is 5.73 Å². The molecular formula is C15H16N2O4S. The van der Waals surface area contributed by atoms with E-state index in [2.05, 4.69) is 4.98 Å². The average Bonchev–Trinajstić information content (AvgIpc) is 3.17. The molecule has 0 aliphatic carbocycles. The van der Waals surface area contributed by atoms with Crippen molar-refractivity contribution in [3.63, 3.8) is 0 Å². The summed E-state index contributed by atoms with van der Waals surface area (Å²) in [5.41, 5.74) is 9.51. The number of amides is 1. The lowest BCUT2D eigenvalue weighted by Gasteiger charge is -2.13. The van der Waals surface area contributed by atoms with Crippen LogP contribution < -0.4 is 5.73 Å². The first-order valence-electron chi connectivity index (χ1n) is 6.88. The second kappa shape index (κ2) is 6.43. The van der Waals surface area contributed by atoms with E-state index in [0.717, 1.165) is 21.7 Å². The number of ether oxygens (including phenoxy) is 3. The minimum absolute atomic E-state index is 0.381. The van der Waals surface area contributed by atoms with Crippen molar-refractivity contribution in [3.05, 3.63) is 41.0 Å². The summed E-state index contributed by atoms with van der Waals surface area (Å²) < 4.78 is 16.0. The van der Waals surface area contributed by atoms with E-state index in [1.54, 1.807) is 12.4 Å². The first-order valence-corrected chi connectivity index (χ1v) is 7.76. The van der Waals surface area contributed by atoms with Crippen LogP contribution in [0.25, 0.3) is 10.4 Å². The number of carbonyl (C=O) groups is 1. The maximum Gasteiger partial charge on any atom is 0.405 e. The van der Waals surface area contributed by atoms with Crippen molar-refractivity contribution in [2.75, 3.05) is 13.2 Å². The molecule has 1 aliphatic heterocycles. The fourth-order valence-electron chi connectivity index (χ4n) is 2.30. The van der Waals surface area contributed by atoms with Gasteiger partial charge in [0.15, 0.2) is 0 Å². The van der Waals surface area contributed by atoms with Crippen LogP contribution in [0.1, 0.15) is 30.6 Å². The van der Waals surface area contributed by atoms with E-state index in [9.17, 15) is 4.79 Å². The summed E-state index contributed by atoms with van der Waals surface area (Å²) >= 11 is 1.54. The number of benzene rings is 1. The Bertz CT molecular complexity index is 650. The standard InChI is InChI=1S/C15H16N2O4S/c1-9(21-15(16)18)10-2-4-11(5-3-10)13-12(17-8-22-13)14-19-6-7-20-14/h2-5,8-9,14H,6-7H2,1H3,(H2,16,18). The monoisotopic (exact) mass is 320 g/mol. The normalized spacial score (nSPS) is 16.6. The van der Waals surface area contributed by atoms with Gasteiger partial charge in [0.1, 0.15) is 11.8 Å². The zero-order chi connectivity index (χ0) is 15.5. The van der Waals surface area contributed by atoms with Crippen molar-refractivity contribution in [3.8, 4) is 10.4 Å². The van der Waals surface area contributed by atoms with Crippen LogP contribution in [-0.2, 0) is 14.2 Å². The Kier molecular flexibility index (Phi) is 4.37. The molecule has 3 rings (SSSR count). The molecule has 7 heteroatoms. The number of aromatic nitrogens is 1. The highest BCUT2D eigenvalue weighted by Gasteiger charge is 2.24. The molecule has 2 heterocycles. The molecule has 1 aliphatic rings. The predicted octanol–water partition coefficient (Wildman–Crippen LogP) is 3.01. The van der Waals surface area contributed by atoms with E-state index < -0.39 is 12.4 Å². The Labute approximate surface area is 131 Å². The minimum Gasteiger partial charge on any atom is -0.442 e. The van der Waals surface area contributed by atoms with Crippen LogP contribution in [0, 0.1) is 0 Å². The second-order valence-corrected chi connectivity index (χ2v) is 5.70. The van der Waals surface area contributed by atoms with Gasteiger partial charge in [0.2, 0.25) is 6.29 Å². The molecule has 22 heavy (non-hydrogen) atoms. The molecule has 1 aromatic heterocycles. The smallest absolute Gasteiger partial charge is 0.405 e. The van der Waals surface area contributed by atoms with Gasteiger partial charge in [-0.25, -0.2) is 9.78 Å². The van der Waals surface area contributed by atoms with Crippen LogP contribution >= 0.6 is 11.3 Å². The van der Waals surface area contributed by atoms with Gasteiger partial charge >= 0.3 is 6.09 Å². The van der Waals surface area contributed by atoms with Gasteiger partial charge in [-0.15, -0.1) is 11.3 Å². The van der Waals surface area contributed by atoms with Gasteiger partial charge in [0.25, 0.3) is 0 Å². The Morgan fingerprint density at radius 2 is 2.05 bits per heavy atom. The summed E-state index contributed by atoms with van der Waals surface area (Å²) in [6.07, 6.45) is -1.55. The summed E-state index contributed by atoms with van der Waals surface area (Å²) in [5, 5.41) is 0. The minimum atomic E-state index is -0.781. The Morgan fingerprint density at radius 1 is 1.36 bits per heavy atom. The molecule has 6 nitrogen and oxygen atoms in total. The molecular weight excluding hydrogens is 304 g/mol. The molecule has 1 atom stereocenters. The predicted molar refractivity (Wildman–Crippen MR) is 81.3 cm³/mol. The zero-order valence-electron chi connectivity index (χ0n) is 12.0. The summed E-state index contributed by atoms with van der Waals surface area (Å²) in [5.74, 6) is 0. The molecule has 0 radical (unpaired) electrons. The lowest BCUT2D eigenvalue weighted by molar-refractivity contribution is -0.0464. The number of hydrogen-bond donors (Lipinski definition) is 1. The van der Waals surface area contributed by atoms with Gasteiger partial charge in [-0.1, -0.05) is 24.3 Å². The van der Waals surface area contributed by atoms with Crippen LogP contribution in [0.2, 0.25) is 0 Å². The lowest BCUT2D eigenvalue weighted by atomic mass is 10.1. The zero-order valence-corrected chi connectivity index (χ0v) is 12.8. The third-order valence-electron chi connectivity index (χ3n) is 3.38. The van der Waals surface area contributed by atoms with E-state index >= 15 is 0 Å². The SMILES string of the molecule is CC(OC(N)=O)c1ccc(-c2scnc2C2OCCO2)cc1. The second-order valence-electron chi connectivity index (χ2n) is 4.84. The lowest BCUT2D eigenvalue weighted by Crippen LogP contribution is -2.15. The average molecular weight is 320 g/mol. The van der Waals surface area contributed by atoms with Crippen LogP contribution in [0.5, 0.6) is 0 Å². The Hall–Kier alpha value is -1.96. The first kappa shape index (κ1) is 15.0. The summed E-state index contributed by atoms with van der Waals surface area (Å²) in [4.78, 5) is 16.2.